The van der Waals surface area contributed by atoms with Gasteiger partial charge in [-0.25, -0.2) is 0 Å². The smallest absolute Gasteiger partial charge is 0.0595 e. The minimum absolute atomic E-state index is 0.572. The summed E-state index contributed by atoms with van der Waals surface area (Å²) in [6, 6.07) is 13.2. The highest BCUT2D eigenvalue weighted by molar-refractivity contribution is 6.42. The van der Waals surface area contributed by atoms with E-state index in [0.717, 1.165) is 16.9 Å². The standard InChI is InChI=1S/C13H12Cl2N2/c14-12-6-1-9(7-13(12)15)8-17-11-4-2-10(16)3-5-11/h1-7,17H,8,16H2. The average Bonchev–Trinajstić information content (AvgIpc) is 2.33. The molecule has 3 N–H and O–H groups in total. The van der Waals surface area contributed by atoms with Gasteiger partial charge in [0.1, 0.15) is 0 Å². The van der Waals surface area contributed by atoms with Crippen molar-refractivity contribution in [3.8, 4) is 0 Å². The molecule has 2 rings (SSSR count). The van der Waals surface area contributed by atoms with E-state index in [2.05, 4.69) is 5.32 Å². The predicted octanol–water partition coefficient (Wildman–Crippen LogP) is 4.19. The van der Waals surface area contributed by atoms with Crippen LogP contribution in [0.2, 0.25) is 10.0 Å². The average molecular weight is 267 g/mol. The van der Waals surface area contributed by atoms with Gasteiger partial charge in [-0.2, -0.15) is 0 Å². The van der Waals surface area contributed by atoms with Crippen LogP contribution in [-0.2, 0) is 6.54 Å². The van der Waals surface area contributed by atoms with Gasteiger partial charge in [0, 0.05) is 17.9 Å². The van der Waals surface area contributed by atoms with Crippen LogP contribution in [0.1, 0.15) is 5.56 Å². The zero-order valence-electron chi connectivity index (χ0n) is 9.08. The van der Waals surface area contributed by atoms with Crippen LogP contribution in [0.15, 0.2) is 42.5 Å². The summed E-state index contributed by atoms with van der Waals surface area (Å²) in [5.41, 5.74) is 8.46. The number of hydrogen-bond donors (Lipinski definition) is 2. The first kappa shape index (κ1) is 12.1. The lowest BCUT2D eigenvalue weighted by atomic mass is 10.2. The van der Waals surface area contributed by atoms with Crippen molar-refractivity contribution in [2.45, 2.75) is 6.54 Å². The molecule has 4 heteroatoms. The molecule has 0 fully saturated rings. The molecule has 0 bridgehead atoms. The summed E-state index contributed by atoms with van der Waals surface area (Å²) >= 11 is 11.8. The monoisotopic (exact) mass is 266 g/mol. The van der Waals surface area contributed by atoms with E-state index in [1.807, 2.05) is 36.4 Å². The van der Waals surface area contributed by atoms with E-state index in [-0.39, 0.29) is 0 Å². The van der Waals surface area contributed by atoms with Crippen LogP contribution < -0.4 is 11.1 Å². The molecule has 0 aromatic heterocycles. The summed E-state index contributed by atoms with van der Waals surface area (Å²) in [6.07, 6.45) is 0. The number of anilines is 2. The summed E-state index contributed by atoms with van der Waals surface area (Å²) in [4.78, 5) is 0. The fourth-order valence-corrected chi connectivity index (χ4v) is 1.78. The fourth-order valence-electron chi connectivity index (χ4n) is 1.45. The van der Waals surface area contributed by atoms with Gasteiger partial charge in [-0.15, -0.1) is 0 Å². The Morgan fingerprint density at radius 1 is 0.941 bits per heavy atom. The predicted molar refractivity (Wildman–Crippen MR) is 74.6 cm³/mol. The summed E-state index contributed by atoms with van der Waals surface area (Å²) in [5, 5.41) is 4.42. The lowest BCUT2D eigenvalue weighted by molar-refractivity contribution is 1.15. The maximum atomic E-state index is 5.94. The Labute approximate surface area is 110 Å². The van der Waals surface area contributed by atoms with Crippen LogP contribution in [0, 0.1) is 0 Å². The second kappa shape index (κ2) is 5.30. The highest BCUT2D eigenvalue weighted by Gasteiger charge is 1.99. The molecule has 0 atom stereocenters. The summed E-state index contributed by atoms with van der Waals surface area (Å²) in [7, 11) is 0. The first-order valence-electron chi connectivity index (χ1n) is 5.18. The van der Waals surface area contributed by atoms with Gasteiger partial charge in [0.05, 0.1) is 10.0 Å². The van der Waals surface area contributed by atoms with Gasteiger partial charge in [-0.05, 0) is 42.0 Å². The van der Waals surface area contributed by atoms with Crippen LogP contribution >= 0.6 is 23.2 Å². The molecule has 0 saturated carbocycles. The molecule has 0 aliphatic carbocycles. The van der Waals surface area contributed by atoms with Crippen molar-refractivity contribution in [3.63, 3.8) is 0 Å². The lowest BCUT2D eigenvalue weighted by Gasteiger charge is -2.07. The van der Waals surface area contributed by atoms with Gasteiger partial charge in [0.25, 0.3) is 0 Å². The number of nitrogen functional groups attached to an aromatic ring is 1. The van der Waals surface area contributed by atoms with Crippen molar-refractivity contribution in [1.29, 1.82) is 0 Å². The molecule has 0 heterocycles. The maximum absolute atomic E-state index is 5.94. The van der Waals surface area contributed by atoms with Crippen LogP contribution in [-0.4, -0.2) is 0 Å². The molecule has 0 aliphatic rings. The van der Waals surface area contributed by atoms with Gasteiger partial charge in [0.2, 0.25) is 0 Å². The van der Waals surface area contributed by atoms with E-state index in [0.29, 0.717) is 16.6 Å². The molecule has 2 nitrogen and oxygen atoms in total. The summed E-state index contributed by atoms with van der Waals surface area (Å²) in [5.74, 6) is 0. The van der Waals surface area contributed by atoms with E-state index in [9.17, 15) is 0 Å². The van der Waals surface area contributed by atoms with Crippen molar-refractivity contribution in [1.82, 2.24) is 0 Å². The summed E-state index contributed by atoms with van der Waals surface area (Å²) < 4.78 is 0. The third-order valence-electron chi connectivity index (χ3n) is 2.39. The van der Waals surface area contributed by atoms with Crippen LogP contribution in [0.5, 0.6) is 0 Å². The molecule has 88 valence electrons. The van der Waals surface area contributed by atoms with E-state index in [1.165, 1.54) is 0 Å². The van der Waals surface area contributed by atoms with Crippen molar-refractivity contribution in [2.24, 2.45) is 0 Å². The summed E-state index contributed by atoms with van der Waals surface area (Å²) in [6.45, 7) is 0.695. The van der Waals surface area contributed by atoms with Crippen molar-refractivity contribution >= 4 is 34.6 Å². The zero-order chi connectivity index (χ0) is 12.3. The third-order valence-corrected chi connectivity index (χ3v) is 3.13. The highest BCUT2D eigenvalue weighted by atomic mass is 35.5. The van der Waals surface area contributed by atoms with E-state index in [4.69, 9.17) is 28.9 Å². The number of nitrogens with one attached hydrogen (secondary N) is 1. The Morgan fingerprint density at radius 3 is 2.29 bits per heavy atom. The second-order valence-corrected chi connectivity index (χ2v) is 4.54. The minimum atomic E-state index is 0.572. The Hall–Kier alpha value is -1.38. The second-order valence-electron chi connectivity index (χ2n) is 3.72. The quantitative estimate of drug-likeness (QED) is 0.818. The third kappa shape index (κ3) is 3.29. The lowest BCUT2D eigenvalue weighted by Crippen LogP contribution is -1.99. The maximum Gasteiger partial charge on any atom is 0.0595 e. The van der Waals surface area contributed by atoms with E-state index in [1.54, 1.807) is 6.07 Å². The van der Waals surface area contributed by atoms with Gasteiger partial charge < -0.3 is 11.1 Å². The van der Waals surface area contributed by atoms with E-state index < -0.39 is 0 Å². The SMILES string of the molecule is Nc1ccc(NCc2ccc(Cl)c(Cl)c2)cc1. The topological polar surface area (TPSA) is 38.0 Å². The molecule has 0 saturated heterocycles. The number of nitrogens with two attached hydrogens (primary N) is 1. The Morgan fingerprint density at radius 2 is 1.65 bits per heavy atom. The minimum Gasteiger partial charge on any atom is -0.399 e. The Kier molecular flexibility index (Phi) is 3.77. The van der Waals surface area contributed by atoms with Crippen molar-refractivity contribution < 1.29 is 0 Å². The van der Waals surface area contributed by atoms with Gasteiger partial charge in [0.15, 0.2) is 0 Å². The zero-order valence-corrected chi connectivity index (χ0v) is 10.6. The number of rotatable bonds is 3. The number of halogens is 2. The molecule has 0 radical (unpaired) electrons. The Balaban J connectivity index is 2.02. The largest absolute Gasteiger partial charge is 0.399 e. The molecular formula is C13H12Cl2N2. The number of benzene rings is 2. The Bertz CT molecular complexity index is 509. The van der Waals surface area contributed by atoms with Crippen molar-refractivity contribution in [3.05, 3.63) is 58.1 Å². The van der Waals surface area contributed by atoms with Crippen LogP contribution in [0.4, 0.5) is 11.4 Å². The number of hydrogen-bond acceptors (Lipinski definition) is 2. The normalized spacial score (nSPS) is 10.2. The fraction of sp³-hybridized carbons (Fsp3) is 0.0769. The molecule has 2 aromatic rings. The van der Waals surface area contributed by atoms with E-state index >= 15 is 0 Å². The molecule has 0 amide bonds. The van der Waals surface area contributed by atoms with Crippen LogP contribution in [0.3, 0.4) is 0 Å². The first-order valence-corrected chi connectivity index (χ1v) is 5.94. The molecule has 0 spiro atoms. The molecule has 0 aliphatic heterocycles. The molecule has 2 aromatic carbocycles. The van der Waals surface area contributed by atoms with Gasteiger partial charge >= 0.3 is 0 Å². The molecule has 17 heavy (non-hydrogen) atoms. The van der Waals surface area contributed by atoms with Crippen molar-refractivity contribution in [2.75, 3.05) is 11.1 Å². The van der Waals surface area contributed by atoms with Crippen LogP contribution in [0.25, 0.3) is 0 Å². The first-order chi connectivity index (χ1) is 8.15. The molecule has 0 unspecified atom stereocenters. The highest BCUT2D eigenvalue weighted by Crippen LogP contribution is 2.23. The molecular weight excluding hydrogens is 255 g/mol. The van der Waals surface area contributed by atoms with Gasteiger partial charge in [-0.3, -0.25) is 0 Å². The van der Waals surface area contributed by atoms with Gasteiger partial charge in [-0.1, -0.05) is 29.3 Å².